The number of nitrogens with one attached hydrogen (secondary N) is 2. The van der Waals surface area contributed by atoms with Gasteiger partial charge in [0, 0.05) is 16.8 Å². The number of rotatable bonds is 1. The predicted molar refractivity (Wildman–Crippen MR) is 67.1 cm³/mol. The van der Waals surface area contributed by atoms with Crippen LogP contribution in [0, 0.1) is 0 Å². The number of carbonyl (C=O) groups excluding carboxylic acids is 2. The number of hydrogen-bond donors (Lipinski definition) is 2. The van der Waals surface area contributed by atoms with E-state index >= 15 is 0 Å². The topological polar surface area (TPSA) is 58.2 Å². The number of halogens is 1. The van der Waals surface area contributed by atoms with Gasteiger partial charge in [0.05, 0.1) is 17.8 Å². The minimum Gasteiger partial charge on any atom is -0.357 e. The Morgan fingerprint density at radius 1 is 1.35 bits per heavy atom. The fourth-order valence-corrected chi connectivity index (χ4v) is 1.82. The average molecular weight is 251 g/mol. The smallest absolute Gasteiger partial charge is 0.230 e. The summed E-state index contributed by atoms with van der Waals surface area (Å²) >= 11 is 5.85. The van der Waals surface area contributed by atoms with Gasteiger partial charge in [-0.05, 0) is 25.1 Å². The Balaban J connectivity index is 2.40. The molecule has 5 heteroatoms. The molecule has 1 aliphatic rings. The standard InChI is InChI=1S/C12H11ClN2O2/c1-7(16)4-9-6-12(17)15-11-5-8(13)2-3-10(11)14-9/h2-5,14H,6H2,1H3,(H,15,17)/b9-4-. The monoisotopic (exact) mass is 250 g/mol. The van der Waals surface area contributed by atoms with Crippen LogP contribution in [0.15, 0.2) is 30.0 Å². The Morgan fingerprint density at radius 3 is 2.82 bits per heavy atom. The number of hydrogen-bond acceptors (Lipinski definition) is 3. The van der Waals surface area contributed by atoms with E-state index < -0.39 is 0 Å². The summed E-state index contributed by atoms with van der Waals surface area (Å²) in [4.78, 5) is 22.6. The molecule has 0 aliphatic carbocycles. The number of benzene rings is 1. The van der Waals surface area contributed by atoms with E-state index in [9.17, 15) is 9.59 Å². The molecule has 1 heterocycles. The largest absolute Gasteiger partial charge is 0.357 e. The van der Waals surface area contributed by atoms with Gasteiger partial charge < -0.3 is 10.6 Å². The third-order valence-corrected chi connectivity index (χ3v) is 2.51. The van der Waals surface area contributed by atoms with E-state index in [1.807, 2.05) is 0 Å². The molecular weight excluding hydrogens is 240 g/mol. The van der Waals surface area contributed by atoms with Crippen molar-refractivity contribution >= 4 is 34.7 Å². The molecule has 0 unspecified atom stereocenters. The second-order valence-electron chi connectivity index (χ2n) is 3.82. The van der Waals surface area contributed by atoms with Crippen LogP contribution in [0.4, 0.5) is 11.4 Å². The number of allylic oxidation sites excluding steroid dienone is 1. The Hall–Kier alpha value is -1.81. The highest BCUT2D eigenvalue weighted by Crippen LogP contribution is 2.29. The maximum atomic E-state index is 11.6. The summed E-state index contributed by atoms with van der Waals surface area (Å²) in [6.45, 7) is 1.44. The summed E-state index contributed by atoms with van der Waals surface area (Å²) in [5.41, 5.74) is 1.93. The first-order valence-corrected chi connectivity index (χ1v) is 5.50. The summed E-state index contributed by atoms with van der Waals surface area (Å²) in [5, 5.41) is 6.32. The normalized spacial score (nSPS) is 16.8. The molecule has 0 atom stereocenters. The van der Waals surface area contributed by atoms with Crippen LogP contribution in [-0.4, -0.2) is 11.7 Å². The third kappa shape index (κ3) is 2.85. The van der Waals surface area contributed by atoms with Gasteiger partial charge in [-0.15, -0.1) is 0 Å². The lowest BCUT2D eigenvalue weighted by molar-refractivity contribution is -0.115. The molecule has 88 valence electrons. The predicted octanol–water partition coefficient (Wildman–Crippen LogP) is 2.57. The second-order valence-corrected chi connectivity index (χ2v) is 4.26. The lowest BCUT2D eigenvalue weighted by atomic mass is 10.2. The minimum atomic E-state index is -0.175. The molecule has 1 aliphatic heterocycles. The van der Waals surface area contributed by atoms with Crippen LogP contribution in [-0.2, 0) is 9.59 Å². The number of ketones is 1. The van der Waals surface area contributed by atoms with Crippen molar-refractivity contribution in [2.45, 2.75) is 13.3 Å². The van der Waals surface area contributed by atoms with Gasteiger partial charge in [0.1, 0.15) is 0 Å². The van der Waals surface area contributed by atoms with E-state index in [0.717, 1.165) is 5.69 Å². The van der Waals surface area contributed by atoms with E-state index in [2.05, 4.69) is 10.6 Å². The molecule has 0 radical (unpaired) electrons. The molecular formula is C12H11ClN2O2. The van der Waals surface area contributed by atoms with Crippen molar-refractivity contribution in [1.82, 2.24) is 0 Å². The lowest BCUT2D eigenvalue weighted by Gasteiger charge is -2.08. The second kappa shape index (κ2) is 4.59. The van der Waals surface area contributed by atoms with Crippen LogP contribution < -0.4 is 10.6 Å². The number of amides is 1. The Bertz CT molecular complexity index is 523. The molecule has 2 N–H and O–H groups in total. The summed E-state index contributed by atoms with van der Waals surface area (Å²) in [6.07, 6.45) is 1.56. The van der Waals surface area contributed by atoms with Crippen molar-refractivity contribution in [2.24, 2.45) is 0 Å². The van der Waals surface area contributed by atoms with E-state index in [4.69, 9.17) is 11.6 Å². The van der Waals surface area contributed by atoms with Gasteiger partial charge in [0.25, 0.3) is 0 Å². The average Bonchev–Trinajstić information content (AvgIpc) is 2.34. The van der Waals surface area contributed by atoms with Gasteiger partial charge in [-0.2, -0.15) is 0 Å². The molecule has 0 bridgehead atoms. The summed E-state index contributed by atoms with van der Waals surface area (Å²) in [6, 6.07) is 5.14. The Labute approximate surface area is 104 Å². The van der Waals surface area contributed by atoms with Crippen molar-refractivity contribution in [1.29, 1.82) is 0 Å². The zero-order chi connectivity index (χ0) is 12.4. The minimum absolute atomic E-state index is 0.0993. The lowest BCUT2D eigenvalue weighted by Crippen LogP contribution is -2.10. The molecule has 0 spiro atoms. The maximum absolute atomic E-state index is 11.6. The van der Waals surface area contributed by atoms with Gasteiger partial charge in [-0.3, -0.25) is 9.59 Å². The van der Waals surface area contributed by atoms with Crippen LogP contribution in [0.25, 0.3) is 0 Å². The molecule has 17 heavy (non-hydrogen) atoms. The van der Waals surface area contributed by atoms with Crippen molar-refractivity contribution in [3.63, 3.8) is 0 Å². The SMILES string of the molecule is CC(=O)/C=C1/CC(=O)Nc2cc(Cl)ccc2N1. The van der Waals surface area contributed by atoms with Gasteiger partial charge in [-0.25, -0.2) is 0 Å². The zero-order valence-corrected chi connectivity index (χ0v) is 9.97. The first-order chi connectivity index (χ1) is 8.04. The highest BCUT2D eigenvalue weighted by Gasteiger charge is 2.16. The summed E-state index contributed by atoms with van der Waals surface area (Å²) < 4.78 is 0. The molecule has 0 saturated carbocycles. The van der Waals surface area contributed by atoms with Crippen molar-refractivity contribution in [3.8, 4) is 0 Å². The van der Waals surface area contributed by atoms with Crippen LogP contribution in [0.1, 0.15) is 13.3 Å². The molecule has 0 saturated heterocycles. The van der Waals surface area contributed by atoms with Crippen LogP contribution >= 0.6 is 11.6 Å². The van der Waals surface area contributed by atoms with Crippen molar-refractivity contribution in [3.05, 3.63) is 35.0 Å². The third-order valence-electron chi connectivity index (χ3n) is 2.28. The van der Waals surface area contributed by atoms with Crippen molar-refractivity contribution < 1.29 is 9.59 Å². The number of carbonyl (C=O) groups is 2. The highest BCUT2D eigenvalue weighted by molar-refractivity contribution is 6.31. The molecule has 1 amide bonds. The van der Waals surface area contributed by atoms with Crippen LogP contribution in [0.2, 0.25) is 5.02 Å². The Morgan fingerprint density at radius 2 is 2.12 bits per heavy atom. The molecule has 1 aromatic carbocycles. The van der Waals surface area contributed by atoms with E-state index in [1.165, 1.54) is 13.0 Å². The first kappa shape index (κ1) is 11.7. The van der Waals surface area contributed by atoms with E-state index in [-0.39, 0.29) is 18.1 Å². The quantitative estimate of drug-likeness (QED) is 0.753. The number of anilines is 2. The summed E-state index contributed by atoms with van der Waals surface area (Å²) in [7, 11) is 0. The van der Waals surface area contributed by atoms with Gasteiger partial charge in [-0.1, -0.05) is 11.6 Å². The van der Waals surface area contributed by atoms with Crippen molar-refractivity contribution in [2.75, 3.05) is 10.6 Å². The molecule has 4 nitrogen and oxygen atoms in total. The fourth-order valence-electron chi connectivity index (χ4n) is 1.65. The van der Waals surface area contributed by atoms with Crippen LogP contribution in [0.3, 0.4) is 0 Å². The van der Waals surface area contributed by atoms with Gasteiger partial charge in [0.2, 0.25) is 5.91 Å². The van der Waals surface area contributed by atoms with Gasteiger partial charge >= 0.3 is 0 Å². The molecule has 1 aromatic rings. The highest BCUT2D eigenvalue weighted by atomic mass is 35.5. The van der Waals surface area contributed by atoms with Crippen LogP contribution in [0.5, 0.6) is 0 Å². The Kier molecular flexibility index (Phi) is 3.15. The van der Waals surface area contributed by atoms with E-state index in [1.54, 1.807) is 18.2 Å². The fraction of sp³-hybridized carbons (Fsp3) is 0.167. The molecule has 2 rings (SSSR count). The van der Waals surface area contributed by atoms with E-state index in [0.29, 0.717) is 16.4 Å². The van der Waals surface area contributed by atoms with Gasteiger partial charge in [0.15, 0.2) is 5.78 Å². The maximum Gasteiger partial charge on any atom is 0.230 e. The summed E-state index contributed by atoms with van der Waals surface area (Å²) in [5.74, 6) is -0.274. The molecule has 0 fully saturated rings. The first-order valence-electron chi connectivity index (χ1n) is 5.12. The molecule has 0 aromatic heterocycles. The zero-order valence-electron chi connectivity index (χ0n) is 9.21. The number of fused-ring (bicyclic) bond motifs is 1.